The van der Waals surface area contributed by atoms with Crippen LogP contribution in [0.5, 0.6) is 0 Å². The molecule has 2 N–H and O–H groups in total. The molecule has 2 saturated heterocycles. The molecule has 202 valence electrons. The number of alkyl halides is 3. The van der Waals surface area contributed by atoms with Gasteiger partial charge in [-0.15, -0.1) is 0 Å². The van der Waals surface area contributed by atoms with Crippen molar-refractivity contribution in [1.29, 1.82) is 0 Å². The minimum atomic E-state index is -4.51. The Hall–Kier alpha value is -2.93. The maximum absolute atomic E-state index is 13.6. The zero-order valence-electron chi connectivity index (χ0n) is 20.3. The van der Waals surface area contributed by atoms with Gasteiger partial charge in [0, 0.05) is 43.4 Å². The highest BCUT2D eigenvalue weighted by Gasteiger charge is 2.39. The molecular weight excluding hydrogens is 564 g/mol. The van der Waals surface area contributed by atoms with Crippen molar-refractivity contribution >= 4 is 33.4 Å². The van der Waals surface area contributed by atoms with E-state index >= 15 is 0 Å². The molecule has 2 aromatic rings. The van der Waals surface area contributed by atoms with E-state index in [9.17, 15) is 31.9 Å². The van der Waals surface area contributed by atoms with Crippen LogP contribution >= 0.6 is 15.9 Å². The number of hydrogen-bond acceptors (Lipinski definition) is 5. The molecule has 2 fully saturated rings. The number of amides is 2. The highest BCUT2D eigenvalue weighted by Crippen LogP contribution is 2.42. The Morgan fingerprint density at radius 3 is 2.24 bits per heavy atom. The number of aromatic amines is 1. The molecule has 3 heterocycles. The molecule has 0 atom stereocenters. The second-order valence-corrected chi connectivity index (χ2v) is 9.45. The molecule has 1 aromatic carbocycles. The van der Waals surface area contributed by atoms with Gasteiger partial charge < -0.3 is 24.8 Å². The summed E-state index contributed by atoms with van der Waals surface area (Å²) in [5.41, 5.74) is -1.29. The summed E-state index contributed by atoms with van der Waals surface area (Å²) in [6.07, 6.45) is -2.85. The Morgan fingerprint density at radius 2 is 1.68 bits per heavy atom. The number of anilines is 1. The highest BCUT2D eigenvalue weighted by atomic mass is 79.9. The molecule has 0 aliphatic carbocycles. The van der Waals surface area contributed by atoms with E-state index in [-0.39, 0.29) is 27.2 Å². The van der Waals surface area contributed by atoms with Crippen LogP contribution in [0.2, 0.25) is 0 Å². The third-order valence-electron chi connectivity index (χ3n) is 5.91. The van der Waals surface area contributed by atoms with E-state index in [2.05, 4.69) is 26.2 Å². The number of pyridine rings is 1. The van der Waals surface area contributed by atoms with E-state index in [0.717, 1.165) is 18.9 Å². The molecule has 37 heavy (non-hydrogen) atoms. The Kier molecular flexibility index (Phi) is 9.35. The Morgan fingerprint density at radius 1 is 1.05 bits per heavy atom. The maximum Gasteiger partial charge on any atom is 0.418 e. The molecule has 2 amide bonds. The predicted molar refractivity (Wildman–Crippen MR) is 132 cm³/mol. The summed E-state index contributed by atoms with van der Waals surface area (Å²) in [6, 6.07) is 3.85. The predicted octanol–water partition coefficient (Wildman–Crippen LogP) is 3.72. The van der Waals surface area contributed by atoms with Crippen molar-refractivity contribution in [2.45, 2.75) is 25.9 Å². The van der Waals surface area contributed by atoms with E-state index in [1.165, 1.54) is 19.2 Å². The van der Waals surface area contributed by atoms with Crippen molar-refractivity contribution in [1.82, 2.24) is 15.2 Å². The minimum absolute atomic E-state index is 0.0136. The molecule has 4 rings (SSSR count). The van der Waals surface area contributed by atoms with Gasteiger partial charge in [-0.3, -0.25) is 14.4 Å². The van der Waals surface area contributed by atoms with Crippen LogP contribution in [-0.2, 0) is 10.9 Å². The Balaban J connectivity index is 0.000000248. The van der Waals surface area contributed by atoms with Crippen molar-refractivity contribution in [3.63, 3.8) is 0 Å². The summed E-state index contributed by atoms with van der Waals surface area (Å²) in [5, 5.41) is 2.24. The van der Waals surface area contributed by atoms with Crippen LogP contribution in [0, 0.1) is 12.7 Å². The van der Waals surface area contributed by atoms with Crippen molar-refractivity contribution in [3.8, 4) is 0 Å². The quantitative estimate of drug-likeness (QED) is 0.531. The maximum atomic E-state index is 13.6. The molecule has 2 aliphatic heterocycles. The lowest BCUT2D eigenvalue weighted by Crippen LogP contribution is -2.41. The highest BCUT2D eigenvalue weighted by molar-refractivity contribution is 9.10. The molecule has 0 saturated carbocycles. The van der Waals surface area contributed by atoms with E-state index in [1.54, 1.807) is 16.7 Å². The van der Waals surface area contributed by atoms with Gasteiger partial charge in [0.25, 0.3) is 17.4 Å². The monoisotopic (exact) mass is 590 g/mol. The van der Waals surface area contributed by atoms with Gasteiger partial charge in [0.2, 0.25) is 5.82 Å². The number of rotatable bonds is 3. The van der Waals surface area contributed by atoms with Gasteiger partial charge in [-0.1, -0.05) is 15.9 Å². The topological polar surface area (TPSA) is 94.7 Å². The molecular formula is C24H27BrF4N4O4. The number of benzene rings is 1. The molecule has 2 aliphatic rings. The van der Waals surface area contributed by atoms with Gasteiger partial charge in [0.15, 0.2) is 0 Å². The fourth-order valence-corrected chi connectivity index (χ4v) is 4.63. The second-order valence-electron chi connectivity index (χ2n) is 8.53. The molecule has 13 heteroatoms. The second kappa shape index (κ2) is 12.1. The van der Waals surface area contributed by atoms with Gasteiger partial charge >= 0.3 is 6.18 Å². The van der Waals surface area contributed by atoms with E-state index in [1.807, 2.05) is 0 Å². The number of ether oxygens (including phenoxy) is 1. The van der Waals surface area contributed by atoms with Gasteiger partial charge in [0.1, 0.15) is 0 Å². The smallest absolute Gasteiger partial charge is 0.378 e. The number of nitrogens with zero attached hydrogens (tertiary/aromatic N) is 2. The lowest BCUT2D eigenvalue weighted by Gasteiger charge is -2.31. The largest absolute Gasteiger partial charge is 0.418 e. The summed E-state index contributed by atoms with van der Waals surface area (Å²) < 4.78 is 59.2. The molecule has 1 aromatic heterocycles. The summed E-state index contributed by atoms with van der Waals surface area (Å²) >= 11 is 3.13. The average molecular weight is 591 g/mol. The number of hydrogen-bond donors (Lipinski definition) is 2. The fourth-order valence-electron chi connectivity index (χ4n) is 4.17. The Labute approximate surface area is 219 Å². The molecule has 0 unspecified atom stereocenters. The molecule has 0 radical (unpaired) electrons. The third kappa shape index (κ3) is 6.89. The normalized spacial score (nSPS) is 15.8. The van der Waals surface area contributed by atoms with Gasteiger partial charge in [-0.2, -0.15) is 13.2 Å². The first-order valence-corrected chi connectivity index (χ1v) is 12.4. The third-order valence-corrected chi connectivity index (χ3v) is 6.37. The average Bonchev–Trinajstić information content (AvgIpc) is 3.40. The first kappa shape index (κ1) is 28.6. The van der Waals surface area contributed by atoms with Crippen LogP contribution in [0.1, 0.15) is 44.8 Å². The standard InChI is InChI=1S/C16H18BrF3N2O2.C8H9FN2O2/c17-11-9-12(15(23)22-5-7-24-8-6-22)14(21-3-1-2-4-21)13(10-11)16(18,19)20;1-4-3-5(7(12)10-2)6(9)8(13)11-4/h9-10H,1-8H2;3H,1-2H3,(H,10,12)(H,11,13). The number of nitrogens with one attached hydrogen (secondary N) is 2. The summed E-state index contributed by atoms with van der Waals surface area (Å²) in [6.45, 7) is 4.25. The number of aryl methyl sites for hydroxylation is 1. The summed E-state index contributed by atoms with van der Waals surface area (Å²) in [5.74, 6) is -2.02. The number of morpholine rings is 1. The zero-order chi connectivity index (χ0) is 27.3. The molecule has 8 nitrogen and oxygen atoms in total. The van der Waals surface area contributed by atoms with Crippen LogP contribution in [0.4, 0.5) is 23.2 Å². The summed E-state index contributed by atoms with van der Waals surface area (Å²) in [4.78, 5) is 40.3. The fraction of sp³-hybridized carbons (Fsp3) is 0.458. The number of H-pyrrole nitrogens is 1. The minimum Gasteiger partial charge on any atom is -0.378 e. The van der Waals surface area contributed by atoms with Crippen LogP contribution < -0.4 is 15.8 Å². The summed E-state index contributed by atoms with van der Waals surface area (Å²) in [7, 11) is 1.37. The first-order valence-electron chi connectivity index (χ1n) is 11.6. The lowest BCUT2D eigenvalue weighted by atomic mass is 10.0. The lowest BCUT2D eigenvalue weighted by molar-refractivity contribution is -0.137. The van der Waals surface area contributed by atoms with E-state index in [4.69, 9.17) is 4.74 Å². The van der Waals surface area contributed by atoms with Crippen LogP contribution in [-0.4, -0.2) is 68.1 Å². The van der Waals surface area contributed by atoms with Crippen LogP contribution in [0.15, 0.2) is 27.5 Å². The van der Waals surface area contributed by atoms with Gasteiger partial charge in [-0.05, 0) is 38.0 Å². The van der Waals surface area contributed by atoms with Crippen molar-refractivity contribution in [2.24, 2.45) is 0 Å². The van der Waals surface area contributed by atoms with Gasteiger partial charge in [-0.25, -0.2) is 4.39 Å². The van der Waals surface area contributed by atoms with Crippen molar-refractivity contribution in [2.75, 3.05) is 51.3 Å². The van der Waals surface area contributed by atoms with Gasteiger partial charge in [0.05, 0.1) is 35.6 Å². The first-order chi connectivity index (χ1) is 17.4. The van der Waals surface area contributed by atoms with Crippen molar-refractivity contribution < 1.29 is 31.9 Å². The Bertz CT molecular complexity index is 1210. The van der Waals surface area contributed by atoms with E-state index in [0.29, 0.717) is 45.1 Å². The molecule has 0 spiro atoms. The number of aromatic nitrogens is 1. The van der Waals surface area contributed by atoms with Crippen molar-refractivity contribution in [3.05, 3.63) is 61.2 Å². The van der Waals surface area contributed by atoms with Crippen LogP contribution in [0.25, 0.3) is 0 Å². The number of carbonyl (C=O) groups excluding carboxylic acids is 2. The van der Waals surface area contributed by atoms with Crippen LogP contribution in [0.3, 0.4) is 0 Å². The zero-order valence-corrected chi connectivity index (χ0v) is 21.9. The number of carbonyl (C=O) groups is 2. The molecule has 0 bridgehead atoms. The van der Waals surface area contributed by atoms with E-state index < -0.39 is 29.0 Å². The number of halogens is 5. The SMILES string of the molecule is CNC(=O)c1cc(C)[nH]c(=O)c1F.O=C(c1cc(Br)cc(C(F)(F)F)c1N1CCCC1)N1CCOCC1.